The molecule has 3 nitrogen and oxygen atoms in total. The van der Waals surface area contributed by atoms with E-state index in [4.69, 9.17) is 0 Å². The van der Waals surface area contributed by atoms with Crippen molar-refractivity contribution in [3.63, 3.8) is 0 Å². The van der Waals surface area contributed by atoms with E-state index >= 15 is 0 Å². The van der Waals surface area contributed by atoms with Gasteiger partial charge in [0.25, 0.3) is 0 Å². The molecule has 0 aliphatic carbocycles. The lowest BCUT2D eigenvalue weighted by atomic mass is 9.95. The summed E-state index contributed by atoms with van der Waals surface area (Å²) in [6.07, 6.45) is 0. The predicted molar refractivity (Wildman–Crippen MR) is 47.7 cm³/mol. The fourth-order valence-corrected chi connectivity index (χ4v) is 0.515. The summed E-state index contributed by atoms with van der Waals surface area (Å²) in [7, 11) is 0. The van der Waals surface area contributed by atoms with Crippen molar-refractivity contribution in [2.24, 2.45) is 5.41 Å². The third kappa shape index (κ3) is 3.51. The lowest BCUT2D eigenvalue weighted by Crippen LogP contribution is -2.43. The summed E-state index contributed by atoms with van der Waals surface area (Å²) in [5, 5.41) is 2.63. The van der Waals surface area contributed by atoms with Gasteiger partial charge in [-0.05, 0) is 13.8 Å². The number of carbonyl (C=O) groups is 2. The SMILES string of the molecule is CC(=O)C(C)NC(=O)C(C)(C)C. The van der Waals surface area contributed by atoms with Crippen LogP contribution in [-0.4, -0.2) is 17.7 Å². The molecule has 0 rings (SSSR count). The lowest BCUT2D eigenvalue weighted by Gasteiger charge is -2.20. The summed E-state index contributed by atoms with van der Waals surface area (Å²) in [4.78, 5) is 22.1. The zero-order valence-corrected chi connectivity index (χ0v) is 8.39. The molecule has 0 spiro atoms. The molecule has 0 aromatic heterocycles. The van der Waals surface area contributed by atoms with E-state index < -0.39 is 5.41 Å². The van der Waals surface area contributed by atoms with Crippen LogP contribution in [0.5, 0.6) is 0 Å². The smallest absolute Gasteiger partial charge is 0.225 e. The van der Waals surface area contributed by atoms with E-state index in [2.05, 4.69) is 5.32 Å². The Balaban J connectivity index is 4.11. The van der Waals surface area contributed by atoms with Crippen molar-refractivity contribution < 1.29 is 9.59 Å². The van der Waals surface area contributed by atoms with Gasteiger partial charge in [0.15, 0.2) is 5.78 Å². The second-order valence-electron chi connectivity index (χ2n) is 4.06. The van der Waals surface area contributed by atoms with E-state index in [-0.39, 0.29) is 17.7 Å². The standard InChI is InChI=1S/C9H17NO2/c1-6(7(2)11)10-8(12)9(3,4)5/h6H,1-5H3,(H,10,12). The summed E-state index contributed by atoms with van der Waals surface area (Å²) in [6, 6.07) is -0.378. The van der Waals surface area contributed by atoms with Crippen LogP contribution < -0.4 is 5.32 Å². The molecule has 1 N–H and O–H groups in total. The highest BCUT2D eigenvalue weighted by Crippen LogP contribution is 2.12. The molecule has 0 saturated carbocycles. The van der Waals surface area contributed by atoms with Crippen LogP contribution >= 0.6 is 0 Å². The number of nitrogens with one attached hydrogen (secondary N) is 1. The van der Waals surface area contributed by atoms with Crippen molar-refractivity contribution in [2.75, 3.05) is 0 Å². The Hall–Kier alpha value is -0.860. The van der Waals surface area contributed by atoms with Crippen molar-refractivity contribution in [3.8, 4) is 0 Å². The minimum Gasteiger partial charge on any atom is -0.346 e. The summed E-state index contributed by atoms with van der Waals surface area (Å²) < 4.78 is 0. The monoisotopic (exact) mass is 171 g/mol. The maximum absolute atomic E-state index is 11.3. The minimum atomic E-state index is -0.427. The number of hydrogen-bond donors (Lipinski definition) is 1. The lowest BCUT2D eigenvalue weighted by molar-refractivity contribution is -0.132. The Morgan fingerprint density at radius 1 is 1.25 bits per heavy atom. The predicted octanol–water partition coefficient (Wildman–Crippen LogP) is 1.13. The van der Waals surface area contributed by atoms with Crippen molar-refractivity contribution >= 4 is 11.7 Å². The average Bonchev–Trinajstić information content (AvgIpc) is 1.85. The summed E-state index contributed by atoms with van der Waals surface area (Å²) in [5.74, 6) is -0.113. The molecule has 12 heavy (non-hydrogen) atoms. The van der Waals surface area contributed by atoms with Crippen molar-refractivity contribution in [2.45, 2.75) is 40.7 Å². The molecule has 0 bridgehead atoms. The van der Waals surface area contributed by atoms with Crippen LogP contribution in [-0.2, 0) is 9.59 Å². The van der Waals surface area contributed by atoms with Gasteiger partial charge in [-0.3, -0.25) is 9.59 Å². The first-order chi connectivity index (χ1) is 5.25. The topological polar surface area (TPSA) is 46.2 Å². The molecule has 0 saturated heterocycles. The van der Waals surface area contributed by atoms with Crippen molar-refractivity contribution in [1.82, 2.24) is 5.32 Å². The first-order valence-electron chi connectivity index (χ1n) is 4.06. The van der Waals surface area contributed by atoms with E-state index in [9.17, 15) is 9.59 Å². The van der Waals surface area contributed by atoms with Gasteiger partial charge in [-0.1, -0.05) is 20.8 Å². The van der Waals surface area contributed by atoms with Gasteiger partial charge in [-0.2, -0.15) is 0 Å². The molecule has 0 aromatic rings. The Kier molecular flexibility index (Phi) is 3.43. The maximum Gasteiger partial charge on any atom is 0.225 e. The summed E-state index contributed by atoms with van der Waals surface area (Å²) in [6.45, 7) is 8.60. The van der Waals surface area contributed by atoms with E-state index in [0.29, 0.717) is 0 Å². The Labute approximate surface area is 73.5 Å². The number of amides is 1. The van der Waals surface area contributed by atoms with Gasteiger partial charge in [0.2, 0.25) is 5.91 Å². The summed E-state index contributed by atoms with van der Waals surface area (Å²) in [5.41, 5.74) is -0.427. The third-order valence-electron chi connectivity index (χ3n) is 1.64. The highest BCUT2D eigenvalue weighted by atomic mass is 16.2. The van der Waals surface area contributed by atoms with E-state index in [1.807, 2.05) is 20.8 Å². The molecule has 0 aliphatic heterocycles. The van der Waals surface area contributed by atoms with Gasteiger partial charge in [-0.25, -0.2) is 0 Å². The third-order valence-corrected chi connectivity index (χ3v) is 1.64. The number of rotatable bonds is 2. The highest BCUT2D eigenvalue weighted by Gasteiger charge is 2.23. The number of Topliss-reactive ketones (excluding diaryl/α,β-unsaturated/α-hetero) is 1. The van der Waals surface area contributed by atoms with Gasteiger partial charge in [0.1, 0.15) is 0 Å². The maximum atomic E-state index is 11.3. The number of hydrogen-bond acceptors (Lipinski definition) is 2. The quantitative estimate of drug-likeness (QED) is 0.677. The fraction of sp³-hybridized carbons (Fsp3) is 0.778. The zero-order chi connectivity index (χ0) is 9.94. The molecule has 1 atom stereocenters. The Morgan fingerprint density at radius 2 is 1.67 bits per heavy atom. The molecule has 1 unspecified atom stereocenters. The zero-order valence-electron chi connectivity index (χ0n) is 8.39. The Morgan fingerprint density at radius 3 is 1.92 bits per heavy atom. The molecule has 0 heterocycles. The molecule has 0 fully saturated rings. The van der Waals surface area contributed by atoms with Crippen molar-refractivity contribution in [1.29, 1.82) is 0 Å². The normalized spacial score (nSPS) is 13.8. The first-order valence-corrected chi connectivity index (χ1v) is 4.06. The molecule has 3 heteroatoms. The molecular formula is C9H17NO2. The van der Waals surface area contributed by atoms with E-state index in [1.165, 1.54) is 6.92 Å². The van der Waals surface area contributed by atoms with Crippen LogP contribution in [0, 0.1) is 5.41 Å². The van der Waals surface area contributed by atoms with Gasteiger partial charge in [0.05, 0.1) is 6.04 Å². The van der Waals surface area contributed by atoms with Crippen molar-refractivity contribution in [3.05, 3.63) is 0 Å². The molecular weight excluding hydrogens is 154 g/mol. The molecule has 1 amide bonds. The fourth-order valence-electron chi connectivity index (χ4n) is 0.515. The largest absolute Gasteiger partial charge is 0.346 e. The highest BCUT2D eigenvalue weighted by molar-refractivity contribution is 5.89. The minimum absolute atomic E-state index is 0.0207. The molecule has 70 valence electrons. The number of ketones is 1. The van der Waals surface area contributed by atoms with Gasteiger partial charge >= 0.3 is 0 Å². The molecule has 0 radical (unpaired) electrons. The first kappa shape index (κ1) is 11.1. The number of carbonyl (C=O) groups excluding carboxylic acids is 2. The van der Waals surface area contributed by atoms with E-state index in [0.717, 1.165) is 0 Å². The second kappa shape index (κ2) is 3.70. The van der Waals surface area contributed by atoms with Crippen LogP contribution in [0.3, 0.4) is 0 Å². The van der Waals surface area contributed by atoms with Gasteiger partial charge in [0, 0.05) is 5.41 Å². The molecule has 0 aliphatic rings. The second-order valence-corrected chi connectivity index (χ2v) is 4.06. The van der Waals surface area contributed by atoms with Crippen LogP contribution in [0.25, 0.3) is 0 Å². The van der Waals surface area contributed by atoms with Gasteiger partial charge in [-0.15, -0.1) is 0 Å². The molecule has 0 aromatic carbocycles. The van der Waals surface area contributed by atoms with Crippen LogP contribution in [0.2, 0.25) is 0 Å². The van der Waals surface area contributed by atoms with Crippen LogP contribution in [0.1, 0.15) is 34.6 Å². The van der Waals surface area contributed by atoms with Crippen LogP contribution in [0.15, 0.2) is 0 Å². The average molecular weight is 171 g/mol. The van der Waals surface area contributed by atoms with Gasteiger partial charge < -0.3 is 5.32 Å². The van der Waals surface area contributed by atoms with E-state index in [1.54, 1.807) is 6.92 Å². The Bertz CT molecular complexity index is 191. The summed E-state index contributed by atoms with van der Waals surface area (Å²) >= 11 is 0. The van der Waals surface area contributed by atoms with Crippen LogP contribution in [0.4, 0.5) is 0 Å².